The summed E-state index contributed by atoms with van der Waals surface area (Å²) in [6, 6.07) is 14.8. The lowest BCUT2D eigenvalue weighted by atomic mass is 10.1. The van der Waals surface area contributed by atoms with Crippen molar-refractivity contribution in [3.63, 3.8) is 0 Å². The number of hydrogen-bond acceptors (Lipinski definition) is 4. The van der Waals surface area contributed by atoms with Crippen molar-refractivity contribution in [2.75, 3.05) is 15.8 Å². The predicted molar refractivity (Wildman–Crippen MR) is 106 cm³/mol. The Hall–Kier alpha value is -2.87. The molecule has 1 unspecified atom stereocenters. The third kappa shape index (κ3) is 6.74. The highest BCUT2D eigenvalue weighted by atomic mass is 32.2. The molecule has 0 aromatic heterocycles. The summed E-state index contributed by atoms with van der Waals surface area (Å²) >= 11 is 0. The first-order valence-corrected chi connectivity index (χ1v) is 10.2. The van der Waals surface area contributed by atoms with Gasteiger partial charge in [0.05, 0.1) is 5.75 Å². The quantitative estimate of drug-likeness (QED) is 0.645. The second-order valence-corrected chi connectivity index (χ2v) is 8.09. The normalized spacial score (nSPS) is 12.1. The monoisotopic (exact) mass is 389 g/mol. The van der Waals surface area contributed by atoms with E-state index in [1.54, 1.807) is 62.4 Å². The molecule has 0 saturated carbocycles. The van der Waals surface area contributed by atoms with E-state index in [1.165, 1.54) is 0 Å². The third-order valence-corrected chi connectivity index (χ3v) is 5.03. The number of anilines is 2. The highest BCUT2D eigenvalue weighted by Gasteiger charge is 2.13. The molecule has 0 aliphatic rings. The molecule has 8 heteroatoms. The fraction of sp³-hybridized carbons (Fsp3) is 0.263. The second-order valence-electron chi connectivity index (χ2n) is 6.08. The summed E-state index contributed by atoms with van der Waals surface area (Å²) in [4.78, 5) is 24.2. The van der Waals surface area contributed by atoms with Crippen LogP contribution in [-0.2, 0) is 14.8 Å². The van der Waals surface area contributed by atoms with E-state index in [-0.39, 0.29) is 30.0 Å². The maximum atomic E-state index is 12.1. The Labute approximate surface area is 159 Å². The average molecular weight is 389 g/mol. The van der Waals surface area contributed by atoms with Gasteiger partial charge >= 0.3 is 0 Å². The van der Waals surface area contributed by atoms with Gasteiger partial charge < -0.3 is 10.6 Å². The first-order valence-electron chi connectivity index (χ1n) is 8.55. The Morgan fingerprint density at radius 3 is 2.15 bits per heavy atom. The zero-order valence-electron chi connectivity index (χ0n) is 15.2. The van der Waals surface area contributed by atoms with Crippen LogP contribution in [0.2, 0.25) is 0 Å². The summed E-state index contributed by atoms with van der Waals surface area (Å²) in [5.41, 5.74) is 1.51. The van der Waals surface area contributed by atoms with Gasteiger partial charge in [0.2, 0.25) is 15.9 Å². The van der Waals surface area contributed by atoms with Crippen LogP contribution in [-0.4, -0.2) is 32.0 Å². The zero-order valence-corrected chi connectivity index (χ0v) is 16.0. The maximum absolute atomic E-state index is 12.1. The molecular formula is C19H23N3O4S. The number of carbonyl (C=O) groups excluding carboxylic acids is 2. The van der Waals surface area contributed by atoms with Crippen LogP contribution in [0.5, 0.6) is 0 Å². The van der Waals surface area contributed by atoms with Crippen LogP contribution in [0.25, 0.3) is 0 Å². The number of benzene rings is 2. The number of hydrogen-bond donors (Lipinski definition) is 3. The van der Waals surface area contributed by atoms with Crippen molar-refractivity contribution in [3.8, 4) is 0 Å². The Morgan fingerprint density at radius 1 is 0.963 bits per heavy atom. The molecule has 7 nitrogen and oxygen atoms in total. The minimum Gasteiger partial charge on any atom is -0.349 e. The fourth-order valence-corrected chi connectivity index (χ4v) is 2.95. The van der Waals surface area contributed by atoms with Crippen LogP contribution in [0, 0.1) is 0 Å². The molecule has 2 aromatic carbocycles. The van der Waals surface area contributed by atoms with E-state index >= 15 is 0 Å². The van der Waals surface area contributed by atoms with Gasteiger partial charge in [0.1, 0.15) is 0 Å². The number of nitrogens with one attached hydrogen (secondary N) is 3. The Kier molecular flexibility index (Phi) is 6.95. The van der Waals surface area contributed by atoms with Crippen LogP contribution in [0.1, 0.15) is 30.6 Å². The van der Waals surface area contributed by atoms with Crippen molar-refractivity contribution in [2.24, 2.45) is 0 Å². The Morgan fingerprint density at radius 2 is 1.56 bits per heavy atom. The first-order chi connectivity index (χ1) is 12.8. The lowest BCUT2D eigenvalue weighted by molar-refractivity contribution is -0.116. The highest BCUT2D eigenvalue weighted by molar-refractivity contribution is 7.92. The van der Waals surface area contributed by atoms with E-state index in [0.717, 1.165) is 0 Å². The van der Waals surface area contributed by atoms with E-state index in [0.29, 0.717) is 16.9 Å². The molecule has 0 aliphatic carbocycles. The topological polar surface area (TPSA) is 104 Å². The van der Waals surface area contributed by atoms with Gasteiger partial charge in [-0.05, 0) is 50.2 Å². The molecule has 2 aromatic rings. The molecule has 0 aliphatic heterocycles. The van der Waals surface area contributed by atoms with Gasteiger partial charge in [-0.25, -0.2) is 8.42 Å². The fourth-order valence-electron chi connectivity index (χ4n) is 2.31. The van der Waals surface area contributed by atoms with Gasteiger partial charge in [0.15, 0.2) is 0 Å². The van der Waals surface area contributed by atoms with E-state index in [2.05, 4.69) is 15.4 Å². The molecule has 1 atom stereocenters. The molecular weight excluding hydrogens is 366 g/mol. The zero-order chi connectivity index (χ0) is 19.9. The number of carbonyl (C=O) groups is 2. The van der Waals surface area contributed by atoms with E-state index in [4.69, 9.17) is 0 Å². The van der Waals surface area contributed by atoms with Crippen LogP contribution in [0.3, 0.4) is 0 Å². The molecule has 0 radical (unpaired) electrons. The van der Waals surface area contributed by atoms with Crippen molar-refractivity contribution >= 4 is 33.2 Å². The summed E-state index contributed by atoms with van der Waals surface area (Å²) in [6.07, 6.45) is 0.114. The van der Waals surface area contributed by atoms with Crippen molar-refractivity contribution in [1.82, 2.24) is 5.32 Å². The lowest BCUT2D eigenvalue weighted by Gasteiger charge is -2.14. The summed E-state index contributed by atoms with van der Waals surface area (Å²) in [7, 11) is -3.34. The van der Waals surface area contributed by atoms with Crippen LogP contribution >= 0.6 is 0 Å². The largest absolute Gasteiger partial charge is 0.349 e. The molecule has 0 spiro atoms. The standard InChI is InChI=1S/C19H23N3O4S/c1-3-27(25,26)22-17-11-9-16(10-12-17)21-18(23)13-14(2)20-19(24)15-7-5-4-6-8-15/h4-12,14,22H,3,13H2,1-2H3,(H,20,24)(H,21,23). The van der Waals surface area contributed by atoms with Crippen molar-refractivity contribution in [2.45, 2.75) is 26.3 Å². The van der Waals surface area contributed by atoms with Crippen LogP contribution in [0.4, 0.5) is 11.4 Å². The minimum atomic E-state index is -3.34. The van der Waals surface area contributed by atoms with E-state index in [9.17, 15) is 18.0 Å². The summed E-state index contributed by atoms with van der Waals surface area (Å²) in [5.74, 6) is -0.501. The molecule has 27 heavy (non-hydrogen) atoms. The van der Waals surface area contributed by atoms with Crippen LogP contribution in [0.15, 0.2) is 54.6 Å². The summed E-state index contributed by atoms with van der Waals surface area (Å²) < 4.78 is 25.5. The maximum Gasteiger partial charge on any atom is 0.251 e. The molecule has 2 rings (SSSR count). The molecule has 0 heterocycles. The van der Waals surface area contributed by atoms with Gasteiger partial charge in [-0.3, -0.25) is 14.3 Å². The van der Waals surface area contributed by atoms with Gasteiger partial charge in [0, 0.05) is 29.4 Å². The van der Waals surface area contributed by atoms with E-state index in [1.807, 2.05) is 6.07 Å². The third-order valence-electron chi connectivity index (χ3n) is 3.73. The SMILES string of the molecule is CCS(=O)(=O)Nc1ccc(NC(=O)CC(C)NC(=O)c2ccccc2)cc1. The lowest BCUT2D eigenvalue weighted by Crippen LogP contribution is -2.35. The van der Waals surface area contributed by atoms with Gasteiger partial charge in [0.25, 0.3) is 5.91 Å². The molecule has 3 N–H and O–H groups in total. The van der Waals surface area contributed by atoms with Gasteiger partial charge in [-0.2, -0.15) is 0 Å². The smallest absolute Gasteiger partial charge is 0.251 e. The first kappa shape index (κ1) is 20.4. The van der Waals surface area contributed by atoms with Crippen molar-refractivity contribution < 1.29 is 18.0 Å². The number of sulfonamides is 1. The average Bonchev–Trinajstić information content (AvgIpc) is 2.63. The van der Waals surface area contributed by atoms with Crippen molar-refractivity contribution in [3.05, 3.63) is 60.2 Å². The Bertz CT molecular complexity index is 881. The Balaban J connectivity index is 1.85. The van der Waals surface area contributed by atoms with E-state index < -0.39 is 10.0 Å². The predicted octanol–water partition coefficient (Wildman–Crippen LogP) is 2.60. The number of rotatable bonds is 8. The van der Waals surface area contributed by atoms with Crippen molar-refractivity contribution in [1.29, 1.82) is 0 Å². The van der Waals surface area contributed by atoms with Gasteiger partial charge in [-0.15, -0.1) is 0 Å². The second kappa shape index (κ2) is 9.18. The van der Waals surface area contributed by atoms with Gasteiger partial charge in [-0.1, -0.05) is 18.2 Å². The van der Waals surface area contributed by atoms with Crippen LogP contribution < -0.4 is 15.4 Å². The minimum absolute atomic E-state index is 0.0158. The summed E-state index contributed by atoms with van der Waals surface area (Å²) in [6.45, 7) is 3.30. The molecule has 0 saturated heterocycles. The molecule has 2 amide bonds. The molecule has 144 valence electrons. The molecule has 0 bridgehead atoms. The highest BCUT2D eigenvalue weighted by Crippen LogP contribution is 2.15. The summed E-state index contributed by atoms with van der Waals surface area (Å²) in [5, 5.41) is 5.50. The molecule has 0 fully saturated rings. The number of amides is 2.